The van der Waals surface area contributed by atoms with Crippen molar-refractivity contribution in [3.8, 4) is 5.75 Å². The molecule has 0 aliphatic carbocycles. The normalized spacial score (nSPS) is 10.5. The third-order valence-electron chi connectivity index (χ3n) is 1.41. The number of rotatable bonds is 2. The van der Waals surface area contributed by atoms with Gasteiger partial charge in [-0.2, -0.15) is 0 Å². The van der Waals surface area contributed by atoms with E-state index in [0.29, 0.717) is 10.0 Å². The first-order valence-corrected chi connectivity index (χ1v) is 4.29. The highest BCUT2D eigenvalue weighted by molar-refractivity contribution is 9.10. The van der Waals surface area contributed by atoms with Crippen LogP contribution in [0, 0.1) is 0 Å². The standard InChI is InChI=1S/C9H7BrO3/c10-9-6(4-5-8(12)13)2-1-3-7(9)11/h1-5,11H,(H,12,13). The maximum Gasteiger partial charge on any atom is 0.328 e. The van der Waals surface area contributed by atoms with E-state index in [1.807, 2.05) is 0 Å². The predicted molar refractivity (Wildman–Crippen MR) is 52.5 cm³/mol. The topological polar surface area (TPSA) is 57.5 Å². The Labute approximate surface area is 83.5 Å². The SMILES string of the molecule is O=C(O)C=Cc1cccc(O)c1Br. The fourth-order valence-electron chi connectivity index (χ4n) is 0.827. The molecule has 0 aliphatic heterocycles. The van der Waals surface area contributed by atoms with E-state index in [4.69, 9.17) is 5.11 Å². The fourth-order valence-corrected chi connectivity index (χ4v) is 1.22. The summed E-state index contributed by atoms with van der Waals surface area (Å²) >= 11 is 3.14. The van der Waals surface area contributed by atoms with Gasteiger partial charge in [0.1, 0.15) is 5.75 Å². The molecule has 0 aliphatic rings. The second-order valence-electron chi connectivity index (χ2n) is 2.35. The summed E-state index contributed by atoms with van der Waals surface area (Å²) in [4.78, 5) is 10.2. The zero-order valence-electron chi connectivity index (χ0n) is 6.57. The summed E-state index contributed by atoms with van der Waals surface area (Å²) in [6.07, 6.45) is 2.42. The third-order valence-corrected chi connectivity index (χ3v) is 2.28. The predicted octanol–water partition coefficient (Wildman–Crippen LogP) is 2.25. The smallest absolute Gasteiger partial charge is 0.328 e. The number of phenols is 1. The van der Waals surface area contributed by atoms with Crippen molar-refractivity contribution in [3.63, 3.8) is 0 Å². The molecule has 0 bridgehead atoms. The van der Waals surface area contributed by atoms with Gasteiger partial charge >= 0.3 is 5.97 Å². The number of hydrogen-bond donors (Lipinski definition) is 2. The molecule has 2 N–H and O–H groups in total. The van der Waals surface area contributed by atoms with E-state index in [-0.39, 0.29) is 5.75 Å². The summed E-state index contributed by atoms with van der Waals surface area (Å²) < 4.78 is 0.493. The second-order valence-corrected chi connectivity index (χ2v) is 3.14. The van der Waals surface area contributed by atoms with Gasteiger partial charge in [-0.3, -0.25) is 0 Å². The number of benzene rings is 1. The number of aliphatic carboxylic acids is 1. The zero-order valence-corrected chi connectivity index (χ0v) is 8.15. The van der Waals surface area contributed by atoms with Crippen LogP contribution in [-0.4, -0.2) is 16.2 Å². The number of carbonyl (C=O) groups is 1. The number of carboxylic acid groups (broad SMARTS) is 1. The molecule has 0 saturated carbocycles. The lowest BCUT2D eigenvalue weighted by Gasteiger charge is -1.99. The minimum atomic E-state index is -1.02. The van der Waals surface area contributed by atoms with Gasteiger partial charge in [0.15, 0.2) is 0 Å². The Bertz CT molecular complexity index is 358. The van der Waals surface area contributed by atoms with E-state index in [1.165, 1.54) is 12.1 Å². The molecule has 0 aromatic heterocycles. The first kappa shape index (κ1) is 9.80. The molecule has 0 spiro atoms. The minimum Gasteiger partial charge on any atom is -0.507 e. The molecule has 0 unspecified atom stereocenters. The van der Waals surface area contributed by atoms with Crippen LogP contribution < -0.4 is 0 Å². The van der Waals surface area contributed by atoms with Crippen LogP contribution in [-0.2, 0) is 4.79 Å². The van der Waals surface area contributed by atoms with Crippen molar-refractivity contribution in [3.05, 3.63) is 34.3 Å². The van der Waals surface area contributed by atoms with Crippen molar-refractivity contribution in [2.45, 2.75) is 0 Å². The molecule has 4 heteroatoms. The fraction of sp³-hybridized carbons (Fsp3) is 0. The first-order valence-electron chi connectivity index (χ1n) is 3.50. The minimum absolute atomic E-state index is 0.0903. The average molecular weight is 243 g/mol. The van der Waals surface area contributed by atoms with Gasteiger partial charge in [0.25, 0.3) is 0 Å². The van der Waals surface area contributed by atoms with E-state index in [1.54, 1.807) is 12.1 Å². The number of phenolic OH excluding ortho intramolecular Hbond substituents is 1. The lowest BCUT2D eigenvalue weighted by molar-refractivity contribution is -0.131. The molecule has 0 atom stereocenters. The molecule has 0 fully saturated rings. The molecule has 13 heavy (non-hydrogen) atoms. The van der Waals surface area contributed by atoms with Crippen LogP contribution in [0.4, 0.5) is 0 Å². The van der Waals surface area contributed by atoms with Crippen molar-refractivity contribution in [1.29, 1.82) is 0 Å². The molecule has 0 radical (unpaired) electrons. The van der Waals surface area contributed by atoms with E-state index in [0.717, 1.165) is 6.08 Å². The number of carboxylic acids is 1. The number of halogens is 1. The summed E-state index contributed by atoms with van der Waals surface area (Å²) in [5.41, 5.74) is 0.627. The number of aromatic hydroxyl groups is 1. The van der Waals surface area contributed by atoms with Gasteiger partial charge in [-0.15, -0.1) is 0 Å². The Kier molecular flexibility index (Phi) is 3.08. The molecule has 0 amide bonds. The highest BCUT2D eigenvalue weighted by Crippen LogP contribution is 2.27. The van der Waals surface area contributed by atoms with Crippen LogP contribution in [0.1, 0.15) is 5.56 Å². The van der Waals surface area contributed by atoms with E-state index >= 15 is 0 Å². The van der Waals surface area contributed by atoms with Crippen LogP contribution in [0.2, 0.25) is 0 Å². The maximum atomic E-state index is 10.2. The van der Waals surface area contributed by atoms with Crippen molar-refractivity contribution in [1.82, 2.24) is 0 Å². The third kappa shape index (κ3) is 2.59. The maximum absolute atomic E-state index is 10.2. The second kappa shape index (κ2) is 4.09. The Hall–Kier alpha value is -1.29. The summed E-state index contributed by atoms with van der Waals surface area (Å²) in [5, 5.41) is 17.6. The summed E-state index contributed by atoms with van der Waals surface area (Å²) in [6.45, 7) is 0. The summed E-state index contributed by atoms with van der Waals surface area (Å²) in [6, 6.07) is 4.85. The van der Waals surface area contributed by atoms with Gasteiger partial charge in [-0.1, -0.05) is 12.1 Å². The van der Waals surface area contributed by atoms with Crippen LogP contribution >= 0.6 is 15.9 Å². The quantitative estimate of drug-likeness (QED) is 0.783. The highest BCUT2D eigenvalue weighted by atomic mass is 79.9. The van der Waals surface area contributed by atoms with Crippen molar-refractivity contribution in [2.24, 2.45) is 0 Å². The van der Waals surface area contributed by atoms with Gasteiger partial charge in [-0.05, 0) is 33.6 Å². The van der Waals surface area contributed by atoms with Gasteiger partial charge in [0, 0.05) is 6.08 Å². The molecular formula is C9H7BrO3. The molecule has 1 aromatic carbocycles. The highest BCUT2D eigenvalue weighted by Gasteiger charge is 2.00. The Morgan fingerprint density at radius 2 is 2.15 bits per heavy atom. The molecule has 0 saturated heterocycles. The van der Waals surface area contributed by atoms with Gasteiger partial charge in [-0.25, -0.2) is 4.79 Å². The van der Waals surface area contributed by atoms with Crippen LogP contribution in [0.25, 0.3) is 6.08 Å². The molecular weight excluding hydrogens is 236 g/mol. The first-order chi connectivity index (χ1) is 6.11. The Morgan fingerprint density at radius 1 is 1.46 bits per heavy atom. The van der Waals surface area contributed by atoms with Crippen LogP contribution in [0.3, 0.4) is 0 Å². The lowest BCUT2D eigenvalue weighted by atomic mass is 10.2. The molecule has 1 aromatic rings. The van der Waals surface area contributed by atoms with E-state index in [9.17, 15) is 9.90 Å². The molecule has 3 nitrogen and oxygen atoms in total. The molecule has 0 heterocycles. The number of hydrogen-bond acceptors (Lipinski definition) is 2. The molecule has 68 valence electrons. The van der Waals surface area contributed by atoms with Crippen molar-refractivity contribution in [2.75, 3.05) is 0 Å². The summed E-state index contributed by atoms with van der Waals surface area (Å²) in [7, 11) is 0. The lowest BCUT2D eigenvalue weighted by Crippen LogP contribution is -1.86. The van der Waals surface area contributed by atoms with Crippen molar-refractivity contribution < 1.29 is 15.0 Å². The Morgan fingerprint density at radius 3 is 2.77 bits per heavy atom. The Balaban J connectivity index is 3.02. The van der Waals surface area contributed by atoms with Gasteiger partial charge in [0.2, 0.25) is 0 Å². The van der Waals surface area contributed by atoms with Gasteiger partial charge < -0.3 is 10.2 Å². The largest absolute Gasteiger partial charge is 0.507 e. The van der Waals surface area contributed by atoms with Crippen molar-refractivity contribution >= 4 is 28.0 Å². The van der Waals surface area contributed by atoms with E-state index in [2.05, 4.69) is 15.9 Å². The zero-order chi connectivity index (χ0) is 9.84. The van der Waals surface area contributed by atoms with Crippen LogP contribution in [0.5, 0.6) is 5.75 Å². The van der Waals surface area contributed by atoms with Gasteiger partial charge in [0.05, 0.1) is 4.47 Å². The summed E-state index contributed by atoms with van der Waals surface area (Å²) in [5.74, 6) is -0.928. The average Bonchev–Trinajstić information content (AvgIpc) is 2.07. The monoisotopic (exact) mass is 242 g/mol. The van der Waals surface area contributed by atoms with E-state index < -0.39 is 5.97 Å². The van der Waals surface area contributed by atoms with Crippen LogP contribution in [0.15, 0.2) is 28.7 Å². The molecule has 1 rings (SSSR count).